The van der Waals surface area contributed by atoms with Crippen LogP contribution in [0.2, 0.25) is 0 Å². The van der Waals surface area contributed by atoms with Crippen molar-refractivity contribution in [2.24, 2.45) is 0 Å². The summed E-state index contributed by atoms with van der Waals surface area (Å²) < 4.78 is 0. The predicted molar refractivity (Wildman–Crippen MR) is 66.5 cm³/mol. The Morgan fingerprint density at radius 2 is 1.57 bits per heavy atom. The van der Waals surface area contributed by atoms with Crippen LogP contribution in [-0.4, -0.2) is 31.1 Å². The van der Waals surface area contributed by atoms with Crippen LogP contribution >= 0.6 is 0 Å². The number of rotatable bonds is 2. The van der Waals surface area contributed by atoms with Crippen molar-refractivity contribution in [2.45, 2.75) is 46.6 Å². The summed E-state index contributed by atoms with van der Waals surface area (Å²) in [7, 11) is 2.17. The third-order valence-corrected chi connectivity index (χ3v) is 2.07. The van der Waals surface area contributed by atoms with Crippen LogP contribution in [0.15, 0.2) is 12.8 Å². The average Bonchev–Trinajstić information content (AvgIpc) is 2.28. The highest BCUT2D eigenvalue weighted by atomic mass is 15.1. The van der Waals surface area contributed by atoms with Crippen LogP contribution in [0.4, 0.5) is 0 Å². The lowest BCUT2D eigenvalue weighted by molar-refractivity contribution is 0.244. The zero-order chi connectivity index (χ0) is 11.4. The summed E-state index contributed by atoms with van der Waals surface area (Å²) in [6, 6.07) is 0.675. The fourth-order valence-corrected chi connectivity index (χ4v) is 1.34. The molecule has 0 aliphatic carbocycles. The molecule has 1 saturated heterocycles. The molecule has 2 heteroatoms. The molecule has 0 saturated carbocycles. The first kappa shape index (κ1) is 15.9. The van der Waals surface area contributed by atoms with Gasteiger partial charge in [-0.3, -0.25) is 0 Å². The highest BCUT2D eigenvalue weighted by Crippen LogP contribution is 2.07. The van der Waals surface area contributed by atoms with Gasteiger partial charge in [0.1, 0.15) is 0 Å². The predicted octanol–water partition coefficient (Wildman–Crippen LogP) is 2.87. The lowest BCUT2D eigenvalue weighted by atomic mass is 10.1. The number of nitrogens with zero attached hydrogens (tertiary/aromatic N) is 1. The topological polar surface area (TPSA) is 15.3 Å². The number of piperidine rings is 1. The monoisotopic (exact) mass is 200 g/mol. The van der Waals surface area contributed by atoms with Gasteiger partial charge in [-0.15, -0.1) is 0 Å². The van der Waals surface area contributed by atoms with E-state index in [9.17, 15) is 0 Å². The lowest BCUT2D eigenvalue weighted by Gasteiger charge is -2.28. The summed E-state index contributed by atoms with van der Waals surface area (Å²) >= 11 is 0. The Morgan fingerprint density at radius 3 is 1.93 bits per heavy atom. The van der Waals surface area contributed by atoms with Crippen molar-refractivity contribution >= 4 is 0 Å². The van der Waals surface area contributed by atoms with Crippen molar-refractivity contribution in [3.8, 4) is 0 Å². The summed E-state index contributed by atoms with van der Waals surface area (Å²) in [6.45, 7) is 14.1. The quantitative estimate of drug-likeness (QED) is 0.737. The second-order valence-corrected chi connectivity index (χ2v) is 2.95. The molecular formula is C12H28N2. The molecular weight excluding hydrogens is 172 g/mol. The Hall–Kier alpha value is -0.500. The van der Waals surface area contributed by atoms with Crippen molar-refractivity contribution in [3.63, 3.8) is 0 Å². The second kappa shape index (κ2) is 12.5. The van der Waals surface area contributed by atoms with Crippen LogP contribution in [0.1, 0.15) is 40.5 Å². The molecule has 0 aromatic heterocycles. The standard InChI is InChI=1S/C8H16N2.2C2H6/c1-3-9-8-4-6-10(2)7-5-8;2*1-2/h3,8-9H,1,4-7H2,2H3;2*1-2H3. The van der Waals surface area contributed by atoms with E-state index in [1.165, 1.54) is 25.9 Å². The Morgan fingerprint density at radius 1 is 1.14 bits per heavy atom. The average molecular weight is 200 g/mol. The van der Waals surface area contributed by atoms with Gasteiger partial charge in [0.2, 0.25) is 0 Å². The van der Waals surface area contributed by atoms with Crippen LogP contribution in [-0.2, 0) is 0 Å². The van der Waals surface area contributed by atoms with Gasteiger partial charge in [0, 0.05) is 6.04 Å². The Kier molecular flexibility index (Phi) is 14.2. The smallest absolute Gasteiger partial charge is 0.0279 e. The highest BCUT2D eigenvalue weighted by Gasteiger charge is 2.13. The SMILES string of the molecule is C=CNC1CCN(C)CC1.CC.CC. The molecule has 0 spiro atoms. The van der Waals surface area contributed by atoms with Crippen molar-refractivity contribution < 1.29 is 0 Å². The highest BCUT2D eigenvalue weighted by molar-refractivity contribution is 4.79. The van der Waals surface area contributed by atoms with E-state index in [0.29, 0.717) is 6.04 Å². The molecule has 1 fully saturated rings. The van der Waals surface area contributed by atoms with Gasteiger partial charge in [-0.05, 0) is 39.2 Å². The summed E-state index contributed by atoms with van der Waals surface area (Å²) in [5, 5.41) is 3.24. The minimum absolute atomic E-state index is 0.675. The molecule has 0 bridgehead atoms. The molecule has 0 unspecified atom stereocenters. The van der Waals surface area contributed by atoms with Crippen molar-refractivity contribution in [3.05, 3.63) is 12.8 Å². The number of nitrogens with one attached hydrogen (secondary N) is 1. The number of hydrogen-bond acceptors (Lipinski definition) is 2. The second-order valence-electron chi connectivity index (χ2n) is 2.95. The molecule has 1 aliphatic rings. The zero-order valence-electron chi connectivity index (χ0n) is 10.6. The Bertz CT molecular complexity index is 105. The lowest BCUT2D eigenvalue weighted by Crippen LogP contribution is -2.38. The van der Waals surface area contributed by atoms with E-state index in [2.05, 4.69) is 23.8 Å². The molecule has 0 aromatic carbocycles. The minimum Gasteiger partial charge on any atom is -0.389 e. The van der Waals surface area contributed by atoms with Gasteiger partial charge in [0.25, 0.3) is 0 Å². The fraction of sp³-hybridized carbons (Fsp3) is 0.833. The largest absolute Gasteiger partial charge is 0.389 e. The van der Waals surface area contributed by atoms with Crippen LogP contribution in [0.5, 0.6) is 0 Å². The first-order valence-corrected chi connectivity index (χ1v) is 5.88. The van der Waals surface area contributed by atoms with Crippen molar-refractivity contribution in [1.82, 2.24) is 10.2 Å². The first-order valence-electron chi connectivity index (χ1n) is 5.88. The molecule has 0 aromatic rings. The van der Waals surface area contributed by atoms with Gasteiger partial charge in [-0.25, -0.2) is 0 Å². The molecule has 0 radical (unpaired) electrons. The molecule has 1 rings (SSSR count). The van der Waals surface area contributed by atoms with Gasteiger partial charge < -0.3 is 10.2 Å². The number of likely N-dealkylation sites (tertiary alicyclic amines) is 1. The first-order chi connectivity index (χ1) is 6.83. The van der Waals surface area contributed by atoms with E-state index in [4.69, 9.17) is 0 Å². The van der Waals surface area contributed by atoms with Gasteiger partial charge >= 0.3 is 0 Å². The maximum atomic E-state index is 3.65. The number of hydrogen-bond donors (Lipinski definition) is 1. The molecule has 2 nitrogen and oxygen atoms in total. The van der Waals surface area contributed by atoms with Crippen molar-refractivity contribution in [1.29, 1.82) is 0 Å². The van der Waals surface area contributed by atoms with Crippen LogP contribution < -0.4 is 5.32 Å². The van der Waals surface area contributed by atoms with Crippen LogP contribution in [0, 0.1) is 0 Å². The molecule has 1 N–H and O–H groups in total. The van der Waals surface area contributed by atoms with Gasteiger partial charge in [0.15, 0.2) is 0 Å². The van der Waals surface area contributed by atoms with E-state index in [-0.39, 0.29) is 0 Å². The van der Waals surface area contributed by atoms with Gasteiger partial charge in [-0.1, -0.05) is 34.3 Å². The van der Waals surface area contributed by atoms with Crippen LogP contribution in [0.3, 0.4) is 0 Å². The van der Waals surface area contributed by atoms with Crippen LogP contribution in [0.25, 0.3) is 0 Å². The summed E-state index contributed by atoms with van der Waals surface area (Å²) in [5.74, 6) is 0. The van der Waals surface area contributed by atoms with Crippen molar-refractivity contribution in [2.75, 3.05) is 20.1 Å². The van der Waals surface area contributed by atoms with E-state index >= 15 is 0 Å². The molecule has 0 amide bonds. The van der Waals surface area contributed by atoms with E-state index in [0.717, 1.165) is 0 Å². The molecule has 1 heterocycles. The van der Waals surface area contributed by atoms with E-state index < -0.39 is 0 Å². The molecule has 1 aliphatic heterocycles. The normalized spacial score (nSPS) is 16.9. The summed E-state index contributed by atoms with van der Waals surface area (Å²) in [4.78, 5) is 2.36. The van der Waals surface area contributed by atoms with Gasteiger partial charge in [0.05, 0.1) is 0 Å². The maximum Gasteiger partial charge on any atom is 0.0279 e. The Balaban J connectivity index is 0. The Labute approximate surface area is 90.4 Å². The third-order valence-electron chi connectivity index (χ3n) is 2.07. The summed E-state index contributed by atoms with van der Waals surface area (Å²) in [6.07, 6.45) is 4.31. The van der Waals surface area contributed by atoms with E-state index in [1.54, 1.807) is 6.20 Å². The fourth-order valence-electron chi connectivity index (χ4n) is 1.34. The van der Waals surface area contributed by atoms with Gasteiger partial charge in [-0.2, -0.15) is 0 Å². The molecule has 0 atom stereocenters. The van der Waals surface area contributed by atoms with E-state index in [1.807, 2.05) is 27.7 Å². The molecule has 14 heavy (non-hydrogen) atoms. The summed E-state index contributed by atoms with van der Waals surface area (Å²) in [5.41, 5.74) is 0. The minimum atomic E-state index is 0.675. The zero-order valence-corrected chi connectivity index (χ0v) is 10.6. The molecule has 86 valence electrons. The maximum absolute atomic E-state index is 3.65. The third kappa shape index (κ3) is 8.11.